The minimum absolute atomic E-state index is 0.119. The van der Waals surface area contributed by atoms with Gasteiger partial charge in [0.05, 0.1) is 6.61 Å². The lowest BCUT2D eigenvalue weighted by molar-refractivity contribution is 0.141. The largest absolute Gasteiger partial charge is 0.449 e. The average Bonchev–Trinajstić information content (AvgIpc) is 1.98. The summed E-state index contributed by atoms with van der Waals surface area (Å²) < 4.78 is 4.51. The maximum atomic E-state index is 10.3. The van der Waals surface area contributed by atoms with Crippen LogP contribution < -0.4 is 11.3 Å². The Morgan fingerprint density at radius 1 is 1.60 bits per heavy atom. The van der Waals surface area contributed by atoms with Crippen molar-refractivity contribution in [3.05, 3.63) is 0 Å². The summed E-state index contributed by atoms with van der Waals surface area (Å²) in [6, 6.07) is 0. The molecule has 0 aliphatic rings. The Balaban J connectivity index is 2.96. The van der Waals surface area contributed by atoms with Gasteiger partial charge in [0, 0.05) is 6.61 Å². The first-order chi connectivity index (χ1) is 4.81. The molecule has 0 radical (unpaired) electrons. The number of carbonyl (C=O) groups is 1. The molecule has 0 bridgehead atoms. The molecule has 0 aromatic carbocycles. The first-order valence-electron chi connectivity index (χ1n) is 3.05. The molecule has 0 rings (SSSR count). The van der Waals surface area contributed by atoms with Crippen LogP contribution in [0.5, 0.6) is 0 Å². The Labute approximate surface area is 59.1 Å². The number of carbonyl (C=O) groups excluding carboxylic acids is 1. The number of unbranched alkanes of at least 4 members (excludes halogenated alkanes) is 1. The van der Waals surface area contributed by atoms with Crippen molar-refractivity contribution in [3.8, 4) is 0 Å². The third-order valence-electron chi connectivity index (χ3n) is 0.903. The number of hydrazine groups is 1. The second kappa shape index (κ2) is 6.31. The molecular weight excluding hydrogens is 136 g/mol. The van der Waals surface area contributed by atoms with Crippen LogP contribution in [0.15, 0.2) is 0 Å². The van der Waals surface area contributed by atoms with E-state index in [0.717, 1.165) is 0 Å². The summed E-state index contributed by atoms with van der Waals surface area (Å²) in [6.07, 6.45) is 0.653. The summed E-state index contributed by atoms with van der Waals surface area (Å²) in [5.74, 6) is 4.71. The maximum Gasteiger partial charge on any atom is 0.421 e. The molecule has 0 spiro atoms. The van der Waals surface area contributed by atoms with Crippen molar-refractivity contribution in [1.82, 2.24) is 5.43 Å². The average molecular weight is 148 g/mol. The predicted molar refractivity (Wildman–Crippen MR) is 35.0 cm³/mol. The van der Waals surface area contributed by atoms with Gasteiger partial charge >= 0.3 is 6.09 Å². The zero-order chi connectivity index (χ0) is 7.82. The van der Waals surface area contributed by atoms with Gasteiger partial charge in [-0.1, -0.05) is 0 Å². The minimum Gasteiger partial charge on any atom is -0.449 e. The van der Waals surface area contributed by atoms with Crippen LogP contribution in [0.2, 0.25) is 0 Å². The van der Waals surface area contributed by atoms with Gasteiger partial charge in [-0.2, -0.15) is 0 Å². The van der Waals surface area contributed by atoms with Crippen LogP contribution in [-0.4, -0.2) is 24.4 Å². The number of amides is 1. The summed E-state index contributed by atoms with van der Waals surface area (Å²) in [5, 5.41) is 8.31. The van der Waals surface area contributed by atoms with Crippen molar-refractivity contribution in [3.63, 3.8) is 0 Å². The van der Waals surface area contributed by atoms with E-state index >= 15 is 0 Å². The maximum absolute atomic E-state index is 10.3. The third-order valence-corrected chi connectivity index (χ3v) is 0.903. The van der Waals surface area contributed by atoms with Crippen molar-refractivity contribution in [2.75, 3.05) is 13.2 Å². The molecular formula is C5H12N2O3. The lowest BCUT2D eigenvalue weighted by Gasteiger charge is -2.00. The second-order valence-corrected chi connectivity index (χ2v) is 1.71. The SMILES string of the molecule is NNC(=O)OCCCCO. The van der Waals surface area contributed by atoms with Crippen LogP contribution in [0.4, 0.5) is 4.79 Å². The van der Waals surface area contributed by atoms with E-state index in [1.165, 1.54) is 0 Å². The molecule has 5 heteroatoms. The van der Waals surface area contributed by atoms with E-state index in [1.807, 2.05) is 5.43 Å². The molecule has 1 amide bonds. The molecule has 0 aliphatic heterocycles. The Kier molecular flexibility index (Phi) is 5.80. The first-order valence-corrected chi connectivity index (χ1v) is 3.05. The van der Waals surface area contributed by atoms with E-state index < -0.39 is 6.09 Å². The fourth-order valence-corrected chi connectivity index (χ4v) is 0.420. The molecule has 5 nitrogen and oxygen atoms in total. The van der Waals surface area contributed by atoms with Gasteiger partial charge in [-0.15, -0.1) is 0 Å². The van der Waals surface area contributed by atoms with Crippen LogP contribution in [0.25, 0.3) is 0 Å². The van der Waals surface area contributed by atoms with Gasteiger partial charge in [0.15, 0.2) is 0 Å². The lowest BCUT2D eigenvalue weighted by atomic mass is 10.3. The first kappa shape index (κ1) is 9.19. The van der Waals surface area contributed by atoms with Gasteiger partial charge in [0.2, 0.25) is 0 Å². The molecule has 0 aliphatic carbocycles. The summed E-state index contributed by atoms with van der Waals surface area (Å²) in [7, 11) is 0. The van der Waals surface area contributed by atoms with Gasteiger partial charge in [-0.3, -0.25) is 5.43 Å². The van der Waals surface area contributed by atoms with Crippen molar-refractivity contribution in [2.24, 2.45) is 5.84 Å². The quantitative estimate of drug-likeness (QED) is 0.214. The highest BCUT2D eigenvalue weighted by molar-refractivity contribution is 5.66. The van der Waals surface area contributed by atoms with E-state index in [-0.39, 0.29) is 6.61 Å². The molecule has 0 atom stereocenters. The van der Waals surface area contributed by atoms with Gasteiger partial charge in [0.1, 0.15) is 0 Å². The Bertz CT molecular complexity index is 96.9. The zero-order valence-electron chi connectivity index (χ0n) is 5.67. The summed E-state index contributed by atoms with van der Waals surface area (Å²) in [5.41, 5.74) is 1.82. The second-order valence-electron chi connectivity index (χ2n) is 1.71. The molecule has 60 valence electrons. The molecule has 0 aromatic rings. The molecule has 10 heavy (non-hydrogen) atoms. The van der Waals surface area contributed by atoms with E-state index in [0.29, 0.717) is 19.4 Å². The van der Waals surface area contributed by atoms with Crippen LogP contribution in [0.1, 0.15) is 12.8 Å². The number of nitrogens with one attached hydrogen (secondary N) is 1. The topological polar surface area (TPSA) is 84.6 Å². The van der Waals surface area contributed by atoms with Crippen LogP contribution in [0.3, 0.4) is 0 Å². The molecule has 0 aromatic heterocycles. The molecule has 0 fully saturated rings. The number of aliphatic hydroxyl groups excluding tert-OH is 1. The number of hydrogen-bond acceptors (Lipinski definition) is 4. The molecule has 0 heterocycles. The smallest absolute Gasteiger partial charge is 0.421 e. The number of nitrogens with two attached hydrogens (primary N) is 1. The van der Waals surface area contributed by atoms with Crippen molar-refractivity contribution in [2.45, 2.75) is 12.8 Å². The monoisotopic (exact) mass is 148 g/mol. The van der Waals surface area contributed by atoms with Gasteiger partial charge < -0.3 is 9.84 Å². The highest BCUT2D eigenvalue weighted by Gasteiger charge is 1.95. The van der Waals surface area contributed by atoms with Crippen LogP contribution >= 0.6 is 0 Å². The predicted octanol–water partition coefficient (Wildman–Crippen LogP) is -0.641. The van der Waals surface area contributed by atoms with E-state index in [2.05, 4.69) is 4.74 Å². The van der Waals surface area contributed by atoms with Crippen molar-refractivity contribution in [1.29, 1.82) is 0 Å². The summed E-state index contributed by atoms with van der Waals surface area (Å²) in [6.45, 7) is 0.414. The Morgan fingerprint density at radius 2 is 2.30 bits per heavy atom. The van der Waals surface area contributed by atoms with Gasteiger partial charge in [-0.05, 0) is 12.8 Å². The number of aliphatic hydroxyl groups is 1. The number of hydrogen-bond donors (Lipinski definition) is 3. The third kappa shape index (κ3) is 5.33. The standard InChI is InChI=1S/C5H12N2O3/c6-7-5(9)10-4-2-1-3-8/h8H,1-4,6H2,(H,7,9). The summed E-state index contributed by atoms with van der Waals surface area (Å²) in [4.78, 5) is 10.3. The van der Waals surface area contributed by atoms with E-state index in [4.69, 9.17) is 10.9 Å². The molecule has 0 saturated heterocycles. The van der Waals surface area contributed by atoms with Gasteiger partial charge in [0.25, 0.3) is 0 Å². The molecule has 0 saturated carbocycles. The lowest BCUT2D eigenvalue weighted by Crippen LogP contribution is -2.30. The normalized spacial score (nSPS) is 9.00. The van der Waals surface area contributed by atoms with Gasteiger partial charge in [-0.25, -0.2) is 10.6 Å². The summed E-state index contributed by atoms with van der Waals surface area (Å²) >= 11 is 0. The highest BCUT2D eigenvalue weighted by atomic mass is 16.5. The van der Waals surface area contributed by atoms with E-state index in [1.54, 1.807) is 0 Å². The van der Waals surface area contributed by atoms with Crippen molar-refractivity contribution < 1.29 is 14.6 Å². The zero-order valence-corrected chi connectivity index (χ0v) is 5.67. The Morgan fingerprint density at radius 3 is 2.80 bits per heavy atom. The number of rotatable bonds is 4. The van der Waals surface area contributed by atoms with Crippen molar-refractivity contribution >= 4 is 6.09 Å². The van der Waals surface area contributed by atoms with Crippen LogP contribution in [-0.2, 0) is 4.74 Å². The fourth-order valence-electron chi connectivity index (χ4n) is 0.420. The molecule has 4 N–H and O–H groups in total. The Hall–Kier alpha value is -0.810. The highest BCUT2D eigenvalue weighted by Crippen LogP contribution is 1.87. The fraction of sp³-hybridized carbons (Fsp3) is 0.800. The minimum atomic E-state index is -0.641. The molecule has 0 unspecified atom stereocenters. The van der Waals surface area contributed by atoms with Crippen LogP contribution in [0, 0.1) is 0 Å². The van der Waals surface area contributed by atoms with E-state index in [9.17, 15) is 4.79 Å². The number of ether oxygens (including phenoxy) is 1.